The summed E-state index contributed by atoms with van der Waals surface area (Å²) in [5.74, 6) is 0. The highest BCUT2D eigenvalue weighted by Gasteiger charge is 2.28. The second-order valence-electron chi connectivity index (χ2n) is 5.99. The first-order valence-corrected chi connectivity index (χ1v) is 10.7. The minimum Gasteiger partial charge on any atom is -0.314 e. The minimum absolute atomic E-state index is 0.168. The Morgan fingerprint density at radius 3 is 2.58 bits per heavy atom. The predicted octanol–water partition coefficient (Wildman–Crippen LogP) is 3.27. The Morgan fingerprint density at radius 1 is 1.19 bits per heavy atom. The molecule has 0 radical (unpaired) electrons. The van der Waals surface area contributed by atoms with E-state index in [1.165, 1.54) is 22.1 Å². The van der Waals surface area contributed by atoms with E-state index in [-0.39, 0.29) is 4.90 Å². The van der Waals surface area contributed by atoms with Crippen LogP contribution in [0, 0.1) is 18.3 Å². The number of piperazine rings is 1. The molecule has 0 spiro atoms. The molecule has 2 aromatic carbocycles. The van der Waals surface area contributed by atoms with Crippen molar-refractivity contribution in [1.29, 1.82) is 5.26 Å². The second-order valence-corrected chi connectivity index (χ2v) is 9.45. The van der Waals surface area contributed by atoms with Crippen LogP contribution in [-0.4, -0.2) is 38.9 Å². The van der Waals surface area contributed by atoms with E-state index in [1.807, 2.05) is 25.1 Å². The van der Waals surface area contributed by atoms with Crippen molar-refractivity contribution in [2.45, 2.75) is 21.6 Å². The van der Waals surface area contributed by atoms with E-state index in [2.05, 4.69) is 5.32 Å². The van der Waals surface area contributed by atoms with Gasteiger partial charge in [0.05, 0.1) is 16.5 Å². The maximum Gasteiger partial charge on any atom is 0.244 e. The van der Waals surface area contributed by atoms with Crippen LogP contribution in [0.4, 0.5) is 0 Å². The molecule has 1 heterocycles. The van der Waals surface area contributed by atoms with Gasteiger partial charge in [-0.1, -0.05) is 23.4 Å². The monoisotopic (exact) mass is 407 g/mol. The first kappa shape index (κ1) is 19.2. The Morgan fingerprint density at radius 2 is 1.92 bits per heavy atom. The Hall–Kier alpha value is -1.56. The summed E-state index contributed by atoms with van der Waals surface area (Å²) >= 11 is 7.46. The van der Waals surface area contributed by atoms with Crippen LogP contribution in [0.1, 0.15) is 11.1 Å². The smallest absolute Gasteiger partial charge is 0.244 e. The summed E-state index contributed by atoms with van der Waals surface area (Å²) in [4.78, 5) is 1.61. The van der Waals surface area contributed by atoms with Crippen molar-refractivity contribution in [3.05, 3.63) is 52.5 Å². The minimum atomic E-state index is -3.68. The first-order chi connectivity index (χ1) is 12.4. The molecule has 0 atom stereocenters. The number of rotatable bonds is 4. The van der Waals surface area contributed by atoms with Crippen LogP contribution in [0.15, 0.2) is 51.1 Å². The predicted molar refractivity (Wildman–Crippen MR) is 103 cm³/mol. The summed E-state index contributed by atoms with van der Waals surface area (Å²) in [5, 5.41) is 13.0. The number of hydrogen-bond acceptors (Lipinski definition) is 5. The molecule has 0 bridgehead atoms. The molecule has 1 aliphatic heterocycles. The van der Waals surface area contributed by atoms with Gasteiger partial charge in [0, 0.05) is 41.0 Å². The zero-order valence-corrected chi connectivity index (χ0v) is 16.6. The second kappa shape index (κ2) is 7.99. The van der Waals surface area contributed by atoms with Gasteiger partial charge in [0.25, 0.3) is 0 Å². The highest BCUT2D eigenvalue weighted by Crippen LogP contribution is 2.36. The molecule has 136 valence electrons. The molecule has 0 saturated carbocycles. The normalized spacial score (nSPS) is 15.6. The molecule has 1 N–H and O–H groups in total. The van der Waals surface area contributed by atoms with Crippen LogP contribution in [0.5, 0.6) is 0 Å². The summed E-state index contributed by atoms with van der Waals surface area (Å²) < 4.78 is 27.8. The van der Waals surface area contributed by atoms with Crippen LogP contribution in [0.25, 0.3) is 0 Å². The van der Waals surface area contributed by atoms with Crippen molar-refractivity contribution in [3.8, 4) is 6.07 Å². The molecule has 0 unspecified atom stereocenters. The van der Waals surface area contributed by atoms with Crippen molar-refractivity contribution in [2.75, 3.05) is 26.2 Å². The molecule has 26 heavy (non-hydrogen) atoms. The molecule has 0 aromatic heterocycles. The van der Waals surface area contributed by atoms with E-state index >= 15 is 0 Å². The zero-order chi connectivity index (χ0) is 18.7. The summed E-state index contributed by atoms with van der Waals surface area (Å²) in [7, 11) is -3.68. The number of nitriles is 1. The van der Waals surface area contributed by atoms with Crippen molar-refractivity contribution >= 4 is 33.4 Å². The quantitative estimate of drug-likeness (QED) is 0.842. The lowest BCUT2D eigenvalue weighted by molar-refractivity contribution is 0.359. The third-order valence-corrected chi connectivity index (χ3v) is 7.34. The molecule has 0 amide bonds. The number of sulfonamides is 1. The fourth-order valence-corrected chi connectivity index (χ4v) is 6.09. The average molecular weight is 408 g/mol. The van der Waals surface area contributed by atoms with Gasteiger partial charge < -0.3 is 5.32 Å². The van der Waals surface area contributed by atoms with Gasteiger partial charge in [-0.15, -0.1) is 0 Å². The topological polar surface area (TPSA) is 73.2 Å². The van der Waals surface area contributed by atoms with Crippen LogP contribution >= 0.6 is 23.4 Å². The van der Waals surface area contributed by atoms with Gasteiger partial charge in [-0.2, -0.15) is 9.57 Å². The Kier molecular flexibility index (Phi) is 5.90. The fourth-order valence-electron chi connectivity index (χ4n) is 2.78. The maximum atomic E-state index is 13.1. The summed E-state index contributed by atoms with van der Waals surface area (Å²) in [6, 6.07) is 12.4. The van der Waals surface area contributed by atoms with Gasteiger partial charge in [0.15, 0.2) is 0 Å². The van der Waals surface area contributed by atoms with Gasteiger partial charge in [0.2, 0.25) is 10.0 Å². The molecule has 3 rings (SSSR count). The summed E-state index contributed by atoms with van der Waals surface area (Å²) in [6.45, 7) is 4.01. The first-order valence-electron chi connectivity index (χ1n) is 8.10. The SMILES string of the molecule is Cc1cc(Cl)cc(Sc2ccc(C#N)cc2S(=O)(=O)N2CCNCC2)c1. The molecule has 2 aromatic rings. The van der Waals surface area contributed by atoms with E-state index < -0.39 is 10.0 Å². The largest absolute Gasteiger partial charge is 0.314 e. The molecule has 1 fully saturated rings. The number of nitrogens with one attached hydrogen (secondary N) is 1. The molecule has 1 aliphatic rings. The fraction of sp³-hybridized carbons (Fsp3) is 0.278. The zero-order valence-electron chi connectivity index (χ0n) is 14.2. The molecule has 5 nitrogen and oxygen atoms in total. The Bertz CT molecular complexity index is 945. The number of aryl methyl sites for hydroxylation is 1. The van der Waals surface area contributed by atoms with E-state index in [4.69, 9.17) is 11.6 Å². The Balaban J connectivity index is 2.04. The van der Waals surface area contributed by atoms with E-state index in [9.17, 15) is 13.7 Å². The van der Waals surface area contributed by atoms with E-state index in [1.54, 1.807) is 18.2 Å². The third kappa shape index (κ3) is 4.22. The third-order valence-electron chi connectivity index (χ3n) is 4.01. The van der Waals surface area contributed by atoms with Crippen molar-refractivity contribution in [3.63, 3.8) is 0 Å². The highest BCUT2D eigenvalue weighted by molar-refractivity contribution is 8.00. The summed E-state index contributed by atoms with van der Waals surface area (Å²) in [6.07, 6.45) is 0. The van der Waals surface area contributed by atoms with E-state index in [0.717, 1.165) is 10.5 Å². The van der Waals surface area contributed by atoms with Crippen LogP contribution in [0.3, 0.4) is 0 Å². The number of benzene rings is 2. The lowest BCUT2D eigenvalue weighted by atomic mass is 10.2. The van der Waals surface area contributed by atoms with Crippen LogP contribution in [-0.2, 0) is 10.0 Å². The number of hydrogen-bond donors (Lipinski definition) is 1. The summed E-state index contributed by atoms with van der Waals surface area (Å²) in [5.41, 5.74) is 1.32. The molecular formula is C18H18ClN3O2S2. The number of halogens is 1. The number of nitrogens with zero attached hydrogens (tertiary/aromatic N) is 2. The van der Waals surface area contributed by atoms with Gasteiger partial charge in [-0.25, -0.2) is 8.42 Å². The standard InChI is InChI=1S/C18H18ClN3O2S2/c1-13-8-15(19)11-16(9-13)25-17-3-2-14(12-20)10-18(17)26(23,24)22-6-4-21-5-7-22/h2-3,8-11,21H,4-7H2,1H3. The van der Waals surface area contributed by atoms with Crippen molar-refractivity contribution < 1.29 is 8.42 Å². The van der Waals surface area contributed by atoms with Crippen LogP contribution < -0.4 is 5.32 Å². The van der Waals surface area contributed by atoms with Gasteiger partial charge in [0.1, 0.15) is 0 Å². The molecule has 0 aliphatic carbocycles. The molecule has 1 saturated heterocycles. The van der Waals surface area contributed by atoms with Gasteiger partial charge >= 0.3 is 0 Å². The van der Waals surface area contributed by atoms with Gasteiger partial charge in [-0.05, 0) is 48.9 Å². The van der Waals surface area contributed by atoms with E-state index in [0.29, 0.717) is 41.7 Å². The average Bonchev–Trinajstić information content (AvgIpc) is 2.62. The van der Waals surface area contributed by atoms with Crippen molar-refractivity contribution in [1.82, 2.24) is 9.62 Å². The maximum absolute atomic E-state index is 13.1. The lowest BCUT2D eigenvalue weighted by Crippen LogP contribution is -2.46. The Labute approximate surface area is 163 Å². The lowest BCUT2D eigenvalue weighted by Gasteiger charge is -2.27. The van der Waals surface area contributed by atoms with Crippen molar-refractivity contribution in [2.24, 2.45) is 0 Å². The van der Waals surface area contributed by atoms with Crippen LogP contribution in [0.2, 0.25) is 5.02 Å². The molecular weight excluding hydrogens is 390 g/mol. The van der Waals surface area contributed by atoms with Gasteiger partial charge in [-0.3, -0.25) is 0 Å². The highest BCUT2D eigenvalue weighted by atomic mass is 35.5. The molecule has 8 heteroatoms.